The summed E-state index contributed by atoms with van der Waals surface area (Å²) in [6.45, 7) is 7.88. The van der Waals surface area contributed by atoms with Crippen molar-refractivity contribution in [2.45, 2.75) is 26.0 Å². The lowest BCUT2D eigenvalue weighted by molar-refractivity contribution is 0.0827. The van der Waals surface area contributed by atoms with Gasteiger partial charge in [-0.15, -0.1) is 0 Å². The van der Waals surface area contributed by atoms with Gasteiger partial charge >= 0.3 is 0 Å². The number of ether oxygens (including phenoxy) is 1. The average Bonchev–Trinajstić information content (AvgIpc) is 2.86. The minimum atomic E-state index is -0.0119. The van der Waals surface area contributed by atoms with E-state index >= 15 is 0 Å². The summed E-state index contributed by atoms with van der Waals surface area (Å²) in [5.74, 6) is 0.00813. The van der Waals surface area contributed by atoms with Gasteiger partial charge in [-0.1, -0.05) is 6.07 Å². The number of fused-ring (bicyclic) bond motifs is 1. The number of nitrogens with one attached hydrogen (secondary N) is 1. The van der Waals surface area contributed by atoms with E-state index in [1.807, 2.05) is 42.5 Å². The van der Waals surface area contributed by atoms with Crippen LogP contribution in [0.1, 0.15) is 38.8 Å². The van der Waals surface area contributed by atoms with Crippen molar-refractivity contribution in [2.75, 3.05) is 58.3 Å². The number of rotatable bonds is 6. The topological polar surface area (TPSA) is 65.1 Å². The average molecular weight is 451 g/mol. The van der Waals surface area contributed by atoms with Gasteiger partial charge < -0.3 is 19.9 Å². The van der Waals surface area contributed by atoms with Crippen LogP contribution in [0.5, 0.6) is 0 Å². The van der Waals surface area contributed by atoms with Crippen LogP contribution in [0.3, 0.4) is 0 Å². The molecular formula is C26H34N4O3. The highest BCUT2D eigenvalue weighted by Gasteiger charge is 2.22. The molecule has 2 aromatic carbocycles. The zero-order valence-electron chi connectivity index (χ0n) is 19.8. The van der Waals surface area contributed by atoms with E-state index in [2.05, 4.69) is 22.0 Å². The van der Waals surface area contributed by atoms with Gasteiger partial charge in [-0.2, -0.15) is 0 Å². The maximum absolute atomic E-state index is 12.7. The molecule has 2 amide bonds. The maximum Gasteiger partial charge on any atom is 0.253 e. The highest BCUT2D eigenvalue weighted by Crippen LogP contribution is 2.20. The number of hydrogen-bond donors (Lipinski definition) is 1. The van der Waals surface area contributed by atoms with Crippen LogP contribution in [0.25, 0.3) is 0 Å². The van der Waals surface area contributed by atoms with Crippen molar-refractivity contribution >= 4 is 17.5 Å². The quantitative estimate of drug-likeness (QED) is 0.732. The van der Waals surface area contributed by atoms with Crippen LogP contribution in [0.15, 0.2) is 42.5 Å². The standard InChI is InChI=1S/C26H34N4O3/c1-19(17-27-25(31)22-4-5-23-18-33-15-10-21(23)16-22)29-11-13-30(14-12-29)24-8-6-20(7-9-24)26(32)28(2)3/h4-9,16,19H,10-15,17-18H2,1-3H3,(H,27,31). The molecular weight excluding hydrogens is 416 g/mol. The third-order valence-corrected chi connectivity index (χ3v) is 6.62. The van der Waals surface area contributed by atoms with Gasteiger partial charge in [0.15, 0.2) is 0 Å². The van der Waals surface area contributed by atoms with Crippen molar-refractivity contribution in [3.63, 3.8) is 0 Å². The molecule has 1 fully saturated rings. The molecule has 0 aromatic heterocycles. The summed E-state index contributed by atoms with van der Waals surface area (Å²) in [7, 11) is 3.53. The van der Waals surface area contributed by atoms with E-state index in [0.29, 0.717) is 18.7 Å². The van der Waals surface area contributed by atoms with Crippen LogP contribution in [0, 0.1) is 0 Å². The second-order valence-corrected chi connectivity index (χ2v) is 9.11. The molecule has 0 aliphatic carbocycles. The molecule has 2 aliphatic rings. The first kappa shape index (κ1) is 23.3. The Labute approximate surface area is 196 Å². The van der Waals surface area contributed by atoms with Crippen LogP contribution >= 0.6 is 0 Å². The molecule has 1 N–H and O–H groups in total. The number of anilines is 1. The number of hydrogen-bond acceptors (Lipinski definition) is 5. The fraction of sp³-hybridized carbons (Fsp3) is 0.462. The van der Waals surface area contributed by atoms with E-state index in [0.717, 1.165) is 50.5 Å². The van der Waals surface area contributed by atoms with Gasteiger partial charge in [0.2, 0.25) is 0 Å². The SMILES string of the molecule is CC(CNC(=O)c1ccc2c(c1)CCOC2)N1CCN(c2ccc(C(=O)N(C)C)cc2)CC1. The van der Waals surface area contributed by atoms with Gasteiger partial charge in [0.25, 0.3) is 11.8 Å². The van der Waals surface area contributed by atoms with E-state index in [4.69, 9.17) is 4.74 Å². The van der Waals surface area contributed by atoms with E-state index < -0.39 is 0 Å². The molecule has 2 aromatic rings. The van der Waals surface area contributed by atoms with Crippen molar-refractivity contribution in [1.29, 1.82) is 0 Å². The zero-order valence-corrected chi connectivity index (χ0v) is 19.8. The van der Waals surface area contributed by atoms with Crippen molar-refractivity contribution in [3.8, 4) is 0 Å². The van der Waals surface area contributed by atoms with Gasteiger partial charge in [-0.25, -0.2) is 0 Å². The highest BCUT2D eigenvalue weighted by atomic mass is 16.5. The molecule has 7 heteroatoms. The molecule has 33 heavy (non-hydrogen) atoms. The van der Waals surface area contributed by atoms with Crippen molar-refractivity contribution in [3.05, 3.63) is 64.7 Å². The third-order valence-electron chi connectivity index (χ3n) is 6.62. The highest BCUT2D eigenvalue weighted by molar-refractivity contribution is 5.94. The smallest absolute Gasteiger partial charge is 0.253 e. The number of nitrogens with zero attached hydrogens (tertiary/aromatic N) is 3. The molecule has 1 saturated heterocycles. The number of benzene rings is 2. The molecule has 7 nitrogen and oxygen atoms in total. The lowest BCUT2D eigenvalue weighted by Gasteiger charge is -2.39. The maximum atomic E-state index is 12.7. The van der Waals surface area contributed by atoms with Gasteiger partial charge in [-0.3, -0.25) is 14.5 Å². The van der Waals surface area contributed by atoms with E-state index in [1.54, 1.807) is 19.0 Å². The molecule has 0 radical (unpaired) electrons. The Hall–Kier alpha value is -2.90. The number of carbonyl (C=O) groups is 2. The third kappa shape index (κ3) is 5.54. The van der Waals surface area contributed by atoms with Crippen LogP contribution < -0.4 is 10.2 Å². The summed E-state index contributed by atoms with van der Waals surface area (Å²) >= 11 is 0. The predicted octanol–water partition coefficient (Wildman–Crippen LogP) is 2.40. The molecule has 2 aliphatic heterocycles. The van der Waals surface area contributed by atoms with Gasteiger partial charge in [0.05, 0.1) is 13.2 Å². The van der Waals surface area contributed by atoms with Crippen molar-refractivity contribution in [2.24, 2.45) is 0 Å². The number of piperazine rings is 1. The number of carbonyl (C=O) groups excluding carboxylic acids is 2. The van der Waals surface area contributed by atoms with Crippen molar-refractivity contribution < 1.29 is 14.3 Å². The summed E-state index contributed by atoms with van der Waals surface area (Å²) in [4.78, 5) is 31.1. The largest absolute Gasteiger partial charge is 0.376 e. The first-order valence-electron chi connectivity index (χ1n) is 11.7. The van der Waals surface area contributed by atoms with Crippen LogP contribution in [0.2, 0.25) is 0 Å². The fourth-order valence-electron chi connectivity index (χ4n) is 4.47. The lowest BCUT2D eigenvalue weighted by Crippen LogP contribution is -2.52. The minimum absolute atomic E-state index is 0.0119. The fourth-order valence-corrected chi connectivity index (χ4v) is 4.47. The zero-order chi connectivity index (χ0) is 23.4. The normalized spacial score (nSPS) is 17.2. The number of amides is 2. The van der Waals surface area contributed by atoms with Crippen molar-refractivity contribution in [1.82, 2.24) is 15.1 Å². The van der Waals surface area contributed by atoms with Gasteiger partial charge in [-0.05, 0) is 60.9 Å². The summed E-state index contributed by atoms with van der Waals surface area (Å²) < 4.78 is 5.48. The predicted molar refractivity (Wildman–Crippen MR) is 130 cm³/mol. The molecule has 4 rings (SSSR count). The molecule has 1 atom stereocenters. The van der Waals surface area contributed by atoms with E-state index in [-0.39, 0.29) is 17.9 Å². The monoisotopic (exact) mass is 450 g/mol. The minimum Gasteiger partial charge on any atom is -0.376 e. The molecule has 2 heterocycles. The molecule has 0 saturated carbocycles. The summed E-state index contributed by atoms with van der Waals surface area (Å²) in [6, 6.07) is 14.0. The summed E-state index contributed by atoms with van der Waals surface area (Å²) in [5.41, 5.74) is 4.98. The molecule has 0 spiro atoms. The van der Waals surface area contributed by atoms with Crippen LogP contribution in [0.4, 0.5) is 5.69 Å². The molecule has 0 bridgehead atoms. The Kier molecular flexibility index (Phi) is 7.30. The molecule has 1 unspecified atom stereocenters. The lowest BCUT2D eigenvalue weighted by atomic mass is 10.00. The Bertz CT molecular complexity index is 982. The van der Waals surface area contributed by atoms with E-state index in [1.165, 1.54) is 11.1 Å². The van der Waals surface area contributed by atoms with Crippen LogP contribution in [-0.4, -0.2) is 81.1 Å². The Morgan fingerprint density at radius 1 is 1.00 bits per heavy atom. The summed E-state index contributed by atoms with van der Waals surface area (Å²) in [6.07, 6.45) is 0.867. The van der Waals surface area contributed by atoms with Gasteiger partial charge in [0.1, 0.15) is 0 Å². The summed E-state index contributed by atoms with van der Waals surface area (Å²) in [5, 5.41) is 3.11. The Morgan fingerprint density at radius 2 is 1.70 bits per heavy atom. The first-order valence-corrected chi connectivity index (χ1v) is 11.7. The Balaban J connectivity index is 1.25. The van der Waals surface area contributed by atoms with Gasteiger partial charge in [0, 0.05) is 69.7 Å². The second-order valence-electron chi connectivity index (χ2n) is 9.11. The van der Waals surface area contributed by atoms with Crippen LogP contribution in [-0.2, 0) is 17.8 Å². The first-order chi connectivity index (χ1) is 15.9. The Morgan fingerprint density at radius 3 is 2.39 bits per heavy atom. The molecule has 176 valence electrons. The second kappa shape index (κ2) is 10.4. The van der Waals surface area contributed by atoms with E-state index in [9.17, 15) is 9.59 Å².